The second kappa shape index (κ2) is 3.71. The van der Waals surface area contributed by atoms with Gasteiger partial charge in [-0.3, -0.25) is 0 Å². The van der Waals surface area contributed by atoms with Gasteiger partial charge in [-0.1, -0.05) is 6.08 Å². The van der Waals surface area contributed by atoms with E-state index in [0.29, 0.717) is 0 Å². The molecule has 13 heavy (non-hydrogen) atoms. The minimum atomic E-state index is -5.64. The van der Waals surface area contributed by atoms with Crippen LogP contribution in [-0.4, -0.2) is 23.2 Å². The molecule has 0 unspecified atom stereocenters. The van der Waals surface area contributed by atoms with E-state index >= 15 is 0 Å². The van der Waals surface area contributed by atoms with E-state index in [1.54, 1.807) is 0 Å². The molecule has 0 aromatic heterocycles. The highest BCUT2D eigenvalue weighted by Crippen LogP contribution is 2.38. The Balaban J connectivity index is 4.27. The van der Waals surface area contributed by atoms with Crippen LogP contribution in [0.5, 0.6) is 0 Å². The zero-order chi connectivity index (χ0) is 10.7. The van der Waals surface area contributed by atoms with Crippen molar-refractivity contribution in [1.82, 2.24) is 0 Å². The molecule has 76 valence electrons. The summed E-state index contributed by atoms with van der Waals surface area (Å²) in [5.74, 6) is -6.45. The fourth-order valence-corrected chi connectivity index (χ4v) is 0.423. The van der Waals surface area contributed by atoms with Crippen LogP contribution < -0.4 is 0 Å². The molecule has 0 radical (unpaired) electrons. The molecular formula is C6H5F5O2. The summed E-state index contributed by atoms with van der Waals surface area (Å²) in [6, 6.07) is 0. The highest BCUT2D eigenvalue weighted by atomic mass is 19.4. The number of rotatable bonds is 3. The van der Waals surface area contributed by atoms with Crippen molar-refractivity contribution in [3.05, 3.63) is 12.2 Å². The van der Waals surface area contributed by atoms with Crippen molar-refractivity contribution >= 4 is 5.97 Å². The largest absolute Gasteiger partial charge is 0.478 e. The molecule has 1 N–H and O–H groups in total. The summed E-state index contributed by atoms with van der Waals surface area (Å²) in [6.45, 7) is 0. The fraction of sp³-hybridized carbons (Fsp3) is 0.500. The normalized spacial score (nSPS) is 13.6. The molecule has 0 fully saturated rings. The second-order valence-corrected chi connectivity index (χ2v) is 2.15. The molecule has 0 saturated heterocycles. The highest BCUT2D eigenvalue weighted by Gasteiger charge is 2.56. The summed E-state index contributed by atoms with van der Waals surface area (Å²) >= 11 is 0. The SMILES string of the molecule is O=C(O)/C=C/CC(F)(F)C(F)(F)F. The summed E-state index contributed by atoms with van der Waals surface area (Å²) in [6.07, 6.45) is -6.81. The molecule has 0 heterocycles. The third-order valence-electron chi connectivity index (χ3n) is 1.05. The molecule has 0 aliphatic carbocycles. The summed E-state index contributed by atoms with van der Waals surface area (Å²) < 4.78 is 58.3. The minimum Gasteiger partial charge on any atom is -0.478 e. The molecule has 2 nitrogen and oxygen atoms in total. The molecule has 0 rings (SSSR count). The van der Waals surface area contributed by atoms with E-state index in [4.69, 9.17) is 5.11 Å². The number of carbonyl (C=O) groups is 1. The molecule has 0 amide bonds. The maximum Gasteiger partial charge on any atom is 0.453 e. The second-order valence-electron chi connectivity index (χ2n) is 2.15. The van der Waals surface area contributed by atoms with Gasteiger partial charge in [0.25, 0.3) is 0 Å². The Morgan fingerprint density at radius 1 is 1.23 bits per heavy atom. The Morgan fingerprint density at radius 2 is 1.69 bits per heavy atom. The molecular weight excluding hydrogens is 199 g/mol. The summed E-state index contributed by atoms with van der Waals surface area (Å²) in [7, 11) is 0. The molecule has 0 atom stereocenters. The van der Waals surface area contributed by atoms with E-state index in [9.17, 15) is 26.7 Å². The van der Waals surface area contributed by atoms with E-state index in [1.807, 2.05) is 0 Å². The van der Waals surface area contributed by atoms with Crippen LogP contribution in [0.25, 0.3) is 0 Å². The van der Waals surface area contributed by atoms with Gasteiger partial charge in [0, 0.05) is 12.5 Å². The van der Waals surface area contributed by atoms with E-state index in [-0.39, 0.29) is 12.2 Å². The van der Waals surface area contributed by atoms with E-state index < -0.39 is 24.5 Å². The zero-order valence-corrected chi connectivity index (χ0v) is 6.11. The number of carboxylic acids is 1. The first-order valence-electron chi connectivity index (χ1n) is 3.01. The standard InChI is InChI=1S/C6H5F5O2/c7-5(8,6(9,10)11)3-1-2-4(12)13/h1-2H,3H2,(H,12,13)/b2-1+. The van der Waals surface area contributed by atoms with Gasteiger partial charge in [-0.2, -0.15) is 22.0 Å². The number of aliphatic carboxylic acids is 1. The van der Waals surface area contributed by atoms with Crippen molar-refractivity contribution in [2.75, 3.05) is 0 Å². The predicted molar refractivity (Wildman–Crippen MR) is 32.4 cm³/mol. The van der Waals surface area contributed by atoms with Crippen LogP contribution in [-0.2, 0) is 4.79 Å². The van der Waals surface area contributed by atoms with Crippen LogP contribution in [0.1, 0.15) is 6.42 Å². The van der Waals surface area contributed by atoms with Crippen LogP contribution in [0.3, 0.4) is 0 Å². The molecule has 0 aromatic carbocycles. The first-order chi connectivity index (χ1) is 5.67. The lowest BCUT2D eigenvalue weighted by Gasteiger charge is -2.17. The van der Waals surface area contributed by atoms with Crippen molar-refractivity contribution in [3.63, 3.8) is 0 Å². The molecule has 0 bridgehead atoms. The fourth-order valence-electron chi connectivity index (χ4n) is 0.423. The van der Waals surface area contributed by atoms with Crippen LogP contribution in [0.4, 0.5) is 22.0 Å². The topological polar surface area (TPSA) is 37.3 Å². The lowest BCUT2D eigenvalue weighted by molar-refractivity contribution is -0.280. The van der Waals surface area contributed by atoms with Crippen molar-refractivity contribution < 1.29 is 31.9 Å². The van der Waals surface area contributed by atoms with Crippen molar-refractivity contribution in [2.45, 2.75) is 18.5 Å². The van der Waals surface area contributed by atoms with Crippen molar-refractivity contribution in [2.24, 2.45) is 0 Å². The van der Waals surface area contributed by atoms with Crippen molar-refractivity contribution in [3.8, 4) is 0 Å². The maximum absolute atomic E-state index is 12.0. The minimum absolute atomic E-state index is 0.236. The molecule has 0 aliphatic rings. The Morgan fingerprint density at radius 3 is 2.00 bits per heavy atom. The summed E-state index contributed by atoms with van der Waals surface area (Å²) in [5.41, 5.74) is 0. The first kappa shape index (κ1) is 11.9. The van der Waals surface area contributed by atoms with Gasteiger partial charge in [-0.25, -0.2) is 4.79 Å². The number of alkyl halides is 5. The number of halogens is 5. The lowest BCUT2D eigenvalue weighted by Crippen LogP contribution is -2.35. The van der Waals surface area contributed by atoms with Crippen LogP contribution in [0.2, 0.25) is 0 Å². The predicted octanol–water partition coefficient (Wildman–Crippen LogP) is 2.21. The average molecular weight is 204 g/mol. The van der Waals surface area contributed by atoms with Crippen molar-refractivity contribution in [1.29, 1.82) is 0 Å². The highest BCUT2D eigenvalue weighted by molar-refractivity contribution is 5.79. The zero-order valence-electron chi connectivity index (χ0n) is 6.11. The Bertz CT molecular complexity index is 218. The Labute approximate surface area is 69.7 Å². The lowest BCUT2D eigenvalue weighted by atomic mass is 10.2. The third-order valence-corrected chi connectivity index (χ3v) is 1.05. The van der Waals surface area contributed by atoms with E-state index in [0.717, 1.165) is 0 Å². The van der Waals surface area contributed by atoms with Crippen LogP contribution in [0.15, 0.2) is 12.2 Å². The van der Waals surface area contributed by atoms with Gasteiger partial charge in [0.05, 0.1) is 0 Å². The Kier molecular flexibility index (Phi) is 3.39. The van der Waals surface area contributed by atoms with Gasteiger partial charge in [0.15, 0.2) is 0 Å². The molecule has 0 saturated carbocycles. The monoisotopic (exact) mass is 204 g/mol. The molecule has 7 heteroatoms. The van der Waals surface area contributed by atoms with Gasteiger partial charge in [0.1, 0.15) is 0 Å². The maximum atomic E-state index is 12.0. The van der Waals surface area contributed by atoms with E-state index in [1.165, 1.54) is 0 Å². The smallest absolute Gasteiger partial charge is 0.453 e. The molecule has 0 aromatic rings. The molecule has 0 spiro atoms. The number of hydrogen-bond acceptors (Lipinski definition) is 1. The number of carboxylic acid groups (broad SMARTS) is 1. The average Bonchev–Trinajstić information content (AvgIpc) is 1.82. The number of hydrogen-bond donors (Lipinski definition) is 1. The Hall–Kier alpha value is -1.14. The first-order valence-corrected chi connectivity index (χ1v) is 3.01. The summed E-state index contributed by atoms with van der Waals surface area (Å²) in [4.78, 5) is 9.72. The summed E-state index contributed by atoms with van der Waals surface area (Å²) in [5, 5.41) is 7.90. The van der Waals surface area contributed by atoms with Gasteiger partial charge < -0.3 is 5.11 Å². The van der Waals surface area contributed by atoms with Crippen LogP contribution in [0, 0.1) is 0 Å². The number of allylic oxidation sites excluding steroid dienone is 1. The van der Waals surface area contributed by atoms with Gasteiger partial charge in [-0.05, 0) is 0 Å². The van der Waals surface area contributed by atoms with Gasteiger partial charge >= 0.3 is 18.1 Å². The van der Waals surface area contributed by atoms with E-state index in [2.05, 4.69) is 0 Å². The van der Waals surface area contributed by atoms with Gasteiger partial charge in [-0.15, -0.1) is 0 Å². The third kappa shape index (κ3) is 3.86. The quantitative estimate of drug-likeness (QED) is 0.565. The van der Waals surface area contributed by atoms with Crippen LogP contribution >= 0.6 is 0 Å². The van der Waals surface area contributed by atoms with Gasteiger partial charge in [0.2, 0.25) is 0 Å². The molecule has 0 aliphatic heterocycles.